The summed E-state index contributed by atoms with van der Waals surface area (Å²) in [4.78, 5) is 12.0. The van der Waals surface area contributed by atoms with Gasteiger partial charge in [0.2, 0.25) is 0 Å². The molecule has 0 spiro atoms. The van der Waals surface area contributed by atoms with Gasteiger partial charge >= 0.3 is 0 Å². The molecule has 0 bridgehead atoms. The molecule has 0 aromatic carbocycles. The molecule has 2 aromatic heterocycles. The zero-order valence-corrected chi connectivity index (χ0v) is 11.1. The number of nitrogens with zero attached hydrogens (tertiary/aromatic N) is 4. The van der Waals surface area contributed by atoms with Crippen LogP contribution in [0.15, 0.2) is 23.4 Å². The van der Waals surface area contributed by atoms with Crippen molar-refractivity contribution in [3.63, 3.8) is 0 Å². The molecule has 2 heterocycles. The van der Waals surface area contributed by atoms with Gasteiger partial charge in [-0.05, 0) is 0 Å². The molecule has 0 saturated heterocycles. The van der Waals surface area contributed by atoms with Crippen LogP contribution in [0, 0.1) is 12.3 Å². The highest BCUT2D eigenvalue weighted by Gasteiger charge is 2.09. The van der Waals surface area contributed by atoms with E-state index in [9.17, 15) is 4.79 Å². The Bertz CT molecular complexity index is 682. The number of halogens is 1. The maximum absolute atomic E-state index is 12.0. The number of aryl methyl sites for hydroxylation is 1. The van der Waals surface area contributed by atoms with E-state index in [-0.39, 0.29) is 22.8 Å². The molecule has 0 amide bonds. The van der Waals surface area contributed by atoms with Gasteiger partial charge in [-0.2, -0.15) is 10.2 Å². The number of rotatable bonds is 4. The molecule has 6 nitrogen and oxygen atoms in total. The molecule has 0 aliphatic heterocycles. The van der Waals surface area contributed by atoms with E-state index in [0.717, 1.165) is 5.56 Å². The van der Waals surface area contributed by atoms with Crippen molar-refractivity contribution in [2.24, 2.45) is 7.05 Å². The molecule has 2 rings (SSSR count). The predicted octanol–water partition coefficient (Wildman–Crippen LogP) is 0.875. The Hall–Kier alpha value is -2.26. The maximum atomic E-state index is 12.0. The van der Waals surface area contributed by atoms with E-state index in [2.05, 4.69) is 21.4 Å². The summed E-state index contributed by atoms with van der Waals surface area (Å²) >= 11 is 5.96. The summed E-state index contributed by atoms with van der Waals surface area (Å²) < 4.78 is 2.86. The lowest BCUT2D eigenvalue weighted by atomic mass is 10.3. The zero-order valence-electron chi connectivity index (χ0n) is 10.3. The van der Waals surface area contributed by atoms with E-state index in [1.54, 1.807) is 10.9 Å². The topological polar surface area (TPSA) is 64.7 Å². The van der Waals surface area contributed by atoms with Crippen molar-refractivity contribution in [1.82, 2.24) is 19.6 Å². The van der Waals surface area contributed by atoms with Gasteiger partial charge in [0.25, 0.3) is 5.56 Å². The van der Waals surface area contributed by atoms with Crippen LogP contribution in [0.25, 0.3) is 0 Å². The van der Waals surface area contributed by atoms with Crippen LogP contribution in [0.4, 0.5) is 5.69 Å². The van der Waals surface area contributed by atoms with Crippen LogP contribution < -0.4 is 10.9 Å². The third kappa shape index (κ3) is 2.95. The van der Waals surface area contributed by atoms with E-state index >= 15 is 0 Å². The van der Waals surface area contributed by atoms with Gasteiger partial charge < -0.3 is 5.32 Å². The number of nitrogens with one attached hydrogen (secondary N) is 1. The Kier molecular flexibility index (Phi) is 3.88. The summed E-state index contributed by atoms with van der Waals surface area (Å²) in [6.07, 6.45) is 10.1. The molecule has 0 unspecified atom stereocenters. The first kappa shape index (κ1) is 13.2. The number of anilines is 1. The number of hydrogen-bond acceptors (Lipinski definition) is 4. The molecule has 0 fully saturated rings. The van der Waals surface area contributed by atoms with Gasteiger partial charge in [0, 0.05) is 25.4 Å². The van der Waals surface area contributed by atoms with Gasteiger partial charge in [0.05, 0.1) is 17.4 Å². The van der Waals surface area contributed by atoms with E-state index in [4.69, 9.17) is 18.0 Å². The third-order valence-electron chi connectivity index (χ3n) is 2.47. The molecule has 2 aromatic rings. The lowest BCUT2D eigenvalue weighted by Gasteiger charge is -2.08. The van der Waals surface area contributed by atoms with Crippen LogP contribution in [0.2, 0.25) is 5.02 Å². The first-order chi connectivity index (χ1) is 9.11. The summed E-state index contributed by atoms with van der Waals surface area (Å²) in [5, 5.41) is 11.2. The van der Waals surface area contributed by atoms with Crippen molar-refractivity contribution >= 4 is 17.3 Å². The van der Waals surface area contributed by atoms with Gasteiger partial charge in [0.1, 0.15) is 12.2 Å². The smallest absolute Gasteiger partial charge is 0.292 e. The van der Waals surface area contributed by atoms with Crippen LogP contribution in [0.3, 0.4) is 0 Å². The minimum Gasteiger partial charge on any atom is -0.375 e. The van der Waals surface area contributed by atoms with Crippen LogP contribution in [0.1, 0.15) is 5.56 Å². The average molecular weight is 278 g/mol. The van der Waals surface area contributed by atoms with Crippen LogP contribution in [-0.2, 0) is 20.1 Å². The standard InChI is InChI=1S/C12H12ClN5O/c1-3-4-18-12(19)11(10(13)7-16-18)14-5-9-6-15-17(2)8-9/h1,6-8,14H,4-5H2,2H3. The minimum atomic E-state index is -0.339. The molecule has 0 atom stereocenters. The molecule has 0 aliphatic carbocycles. The largest absolute Gasteiger partial charge is 0.375 e. The van der Waals surface area contributed by atoms with E-state index in [0.29, 0.717) is 6.54 Å². The summed E-state index contributed by atoms with van der Waals surface area (Å²) in [6, 6.07) is 0. The quantitative estimate of drug-likeness (QED) is 0.843. The average Bonchev–Trinajstić information content (AvgIpc) is 2.79. The first-order valence-electron chi connectivity index (χ1n) is 5.52. The SMILES string of the molecule is C#CCn1ncc(Cl)c(NCc2cnn(C)c2)c1=O. The molecule has 7 heteroatoms. The van der Waals surface area contributed by atoms with Gasteiger partial charge in [-0.15, -0.1) is 6.42 Å². The lowest BCUT2D eigenvalue weighted by Crippen LogP contribution is -2.25. The Labute approximate surface area is 115 Å². The summed E-state index contributed by atoms with van der Waals surface area (Å²) in [6.45, 7) is 0.556. The second-order valence-corrected chi connectivity index (χ2v) is 4.32. The molecule has 0 saturated carbocycles. The second kappa shape index (κ2) is 5.59. The highest BCUT2D eigenvalue weighted by molar-refractivity contribution is 6.32. The summed E-state index contributed by atoms with van der Waals surface area (Å²) in [5.41, 5.74) is 0.892. The maximum Gasteiger partial charge on any atom is 0.292 e. The first-order valence-corrected chi connectivity index (χ1v) is 5.90. The molecule has 98 valence electrons. The fourth-order valence-electron chi connectivity index (χ4n) is 1.58. The summed E-state index contributed by atoms with van der Waals surface area (Å²) in [5.74, 6) is 2.36. The predicted molar refractivity (Wildman–Crippen MR) is 72.9 cm³/mol. The van der Waals surface area contributed by atoms with Gasteiger partial charge in [-0.25, -0.2) is 4.68 Å². The highest BCUT2D eigenvalue weighted by atomic mass is 35.5. The third-order valence-corrected chi connectivity index (χ3v) is 2.75. The zero-order chi connectivity index (χ0) is 13.8. The Balaban J connectivity index is 2.22. The van der Waals surface area contributed by atoms with Crippen molar-refractivity contribution in [2.75, 3.05) is 5.32 Å². The second-order valence-electron chi connectivity index (χ2n) is 3.91. The van der Waals surface area contributed by atoms with E-state index in [1.807, 2.05) is 13.2 Å². The normalized spacial score (nSPS) is 10.2. The molecular weight excluding hydrogens is 266 g/mol. The van der Waals surface area contributed by atoms with Crippen LogP contribution in [0.5, 0.6) is 0 Å². The van der Waals surface area contributed by atoms with Crippen molar-refractivity contribution < 1.29 is 0 Å². The lowest BCUT2D eigenvalue weighted by molar-refractivity contribution is 0.664. The molecule has 0 aliphatic rings. The molecular formula is C12H12ClN5O. The van der Waals surface area contributed by atoms with Crippen LogP contribution in [-0.4, -0.2) is 19.6 Å². The van der Waals surface area contributed by atoms with Gasteiger partial charge in [0.15, 0.2) is 0 Å². The molecule has 19 heavy (non-hydrogen) atoms. The highest BCUT2D eigenvalue weighted by Crippen LogP contribution is 2.15. The summed E-state index contributed by atoms with van der Waals surface area (Å²) in [7, 11) is 1.82. The van der Waals surface area contributed by atoms with Crippen molar-refractivity contribution in [1.29, 1.82) is 0 Å². The van der Waals surface area contributed by atoms with Gasteiger partial charge in [-0.3, -0.25) is 9.48 Å². The Morgan fingerprint density at radius 2 is 2.26 bits per heavy atom. The monoisotopic (exact) mass is 277 g/mol. The van der Waals surface area contributed by atoms with Crippen LogP contribution >= 0.6 is 11.6 Å². The number of hydrogen-bond donors (Lipinski definition) is 1. The van der Waals surface area contributed by atoms with Crippen molar-refractivity contribution in [3.8, 4) is 12.3 Å². The Morgan fingerprint density at radius 1 is 1.47 bits per heavy atom. The van der Waals surface area contributed by atoms with Gasteiger partial charge in [-0.1, -0.05) is 17.5 Å². The van der Waals surface area contributed by atoms with Crippen molar-refractivity contribution in [2.45, 2.75) is 13.1 Å². The fraction of sp³-hybridized carbons (Fsp3) is 0.250. The number of terminal acetylenes is 1. The van der Waals surface area contributed by atoms with Crippen molar-refractivity contribution in [3.05, 3.63) is 39.5 Å². The minimum absolute atomic E-state index is 0.109. The van der Waals surface area contributed by atoms with E-state index in [1.165, 1.54) is 10.9 Å². The number of aromatic nitrogens is 4. The van der Waals surface area contributed by atoms with E-state index < -0.39 is 0 Å². The Morgan fingerprint density at radius 3 is 2.89 bits per heavy atom. The fourth-order valence-corrected chi connectivity index (χ4v) is 1.77. The molecule has 0 radical (unpaired) electrons. The molecule has 1 N–H and O–H groups in total.